The standard InChI is InChI=1S/C17H29N5O2.2ClH/c23-17(2-1-15-3-6-18-7-4-15)19-16-5-8-22(20-16)10-9-21-11-13-24-14-12-21;;/h5,8,15,18H,1-4,6-7,9-14H2,(H,19,20,23);2*1H. The number of anilines is 1. The Bertz CT molecular complexity index is 517. The number of amides is 1. The van der Waals surface area contributed by atoms with E-state index in [4.69, 9.17) is 4.74 Å². The molecule has 2 aliphatic heterocycles. The highest BCUT2D eigenvalue weighted by atomic mass is 35.5. The number of carbonyl (C=O) groups is 1. The van der Waals surface area contributed by atoms with Crippen molar-refractivity contribution in [3.05, 3.63) is 12.3 Å². The maximum atomic E-state index is 12.1. The molecule has 0 unspecified atom stereocenters. The van der Waals surface area contributed by atoms with Gasteiger partial charge in [-0.3, -0.25) is 14.4 Å². The highest BCUT2D eigenvalue weighted by Gasteiger charge is 2.15. The maximum Gasteiger partial charge on any atom is 0.225 e. The van der Waals surface area contributed by atoms with Gasteiger partial charge in [-0.1, -0.05) is 0 Å². The van der Waals surface area contributed by atoms with Crippen LogP contribution in [0, 0.1) is 5.92 Å². The van der Waals surface area contributed by atoms with E-state index in [0.717, 1.165) is 58.9 Å². The zero-order chi connectivity index (χ0) is 16.6. The van der Waals surface area contributed by atoms with Gasteiger partial charge in [0.1, 0.15) is 0 Å². The molecule has 150 valence electrons. The molecule has 0 bridgehead atoms. The zero-order valence-electron chi connectivity index (χ0n) is 15.2. The lowest BCUT2D eigenvalue weighted by Gasteiger charge is -2.26. The molecular weight excluding hydrogens is 377 g/mol. The van der Waals surface area contributed by atoms with Gasteiger partial charge in [0.25, 0.3) is 0 Å². The normalized spacial score (nSPS) is 18.6. The molecule has 0 atom stereocenters. The topological polar surface area (TPSA) is 71.4 Å². The Kier molecular flexibility index (Phi) is 11.2. The Labute approximate surface area is 168 Å². The molecule has 3 rings (SSSR count). The van der Waals surface area contributed by atoms with Crippen molar-refractivity contribution in [2.24, 2.45) is 5.92 Å². The monoisotopic (exact) mass is 407 g/mol. The van der Waals surface area contributed by atoms with Gasteiger partial charge in [0.05, 0.1) is 19.8 Å². The number of aromatic nitrogens is 2. The summed E-state index contributed by atoms with van der Waals surface area (Å²) in [5, 5.41) is 10.7. The largest absolute Gasteiger partial charge is 0.379 e. The lowest BCUT2D eigenvalue weighted by atomic mass is 9.93. The molecule has 2 aliphatic rings. The second-order valence-electron chi connectivity index (χ2n) is 6.70. The van der Waals surface area contributed by atoms with E-state index in [9.17, 15) is 4.79 Å². The van der Waals surface area contributed by atoms with Crippen LogP contribution in [0.5, 0.6) is 0 Å². The molecule has 1 aromatic heterocycles. The number of nitrogens with zero attached hydrogens (tertiary/aromatic N) is 3. The van der Waals surface area contributed by atoms with Crippen molar-refractivity contribution in [3.8, 4) is 0 Å². The van der Waals surface area contributed by atoms with Crippen molar-refractivity contribution in [1.29, 1.82) is 0 Å². The van der Waals surface area contributed by atoms with Crippen LogP contribution in [0.25, 0.3) is 0 Å². The van der Waals surface area contributed by atoms with Gasteiger partial charge in [-0.25, -0.2) is 0 Å². The highest BCUT2D eigenvalue weighted by Crippen LogP contribution is 2.18. The van der Waals surface area contributed by atoms with Crippen LogP contribution >= 0.6 is 24.8 Å². The third kappa shape index (κ3) is 7.80. The SMILES string of the molecule is Cl.Cl.O=C(CCC1CCNCC1)Nc1ccn(CCN2CCOCC2)n1. The van der Waals surface area contributed by atoms with Crippen LogP contribution in [-0.4, -0.2) is 66.5 Å². The highest BCUT2D eigenvalue weighted by molar-refractivity contribution is 5.89. The predicted octanol–water partition coefficient (Wildman–Crippen LogP) is 1.78. The van der Waals surface area contributed by atoms with Crippen molar-refractivity contribution in [2.75, 3.05) is 51.3 Å². The number of carbonyl (C=O) groups excluding carboxylic acids is 1. The number of nitrogens with one attached hydrogen (secondary N) is 2. The second kappa shape index (κ2) is 12.5. The van der Waals surface area contributed by atoms with E-state index in [1.54, 1.807) is 0 Å². The summed E-state index contributed by atoms with van der Waals surface area (Å²) in [6, 6.07) is 1.88. The molecule has 7 nitrogen and oxygen atoms in total. The molecule has 1 amide bonds. The third-order valence-electron chi connectivity index (χ3n) is 4.90. The molecule has 2 N–H and O–H groups in total. The van der Waals surface area contributed by atoms with E-state index in [2.05, 4.69) is 20.6 Å². The van der Waals surface area contributed by atoms with Gasteiger partial charge in [-0.15, -0.1) is 24.8 Å². The first-order valence-electron chi connectivity index (χ1n) is 9.14. The molecular formula is C17H31Cl2N5O2. The van der Waals surface area contributed by atoms with Crippen LogP contribution in [0.1, 0.15) is 25.7 Å². The smallest absolute Gasteiger partial charge is 0.225 e. The van der Waals surface area contributed by atoms with Crippen molar-refractivity contribution in [3.63, 3.8) is 0 Å². The van der Waals surface area contributed by atoms with Crippen LogP contribution in [-0.2, 0) is 16.1 Å². The van der Waals surface area contributed by atoms with Crippen LogP contribution in [0.15, 0.2) is 12.3 Å². The van der Waals surface area contributed by atoms with Crippen molar-refractivity contribution >= 4 is 36.5 Å². The molecule has 26 heavy (non-hydrogen) atoms. The molecule has 2 saturated heterocycles. The Morgan fingerprint density at radius 3 is 2.69 bits per heavy atom. The average molecular weight is 408 g/mol. The summed E-state index contributed by atoms with van der Waals surface area (Å²) in [5.74, 6) is 1.42. The number of morpholine rings is 1. The number of hydrogen-bond donors (Lipinski definition) is 2. The summed E-state index contributed by atoms with van der Waals surface area (Å²) < 4.78 is 7.25. The van der Waals surface area contributed by atoms with Gasteiger partial charge in [0.2, 0.25) is 5.91 Å². The Morgan fingerprint density at radius 2 is 1.96 bits per heavy atom. The average Bonchev–Trinajstić information content (AvgIpc) is 3.07. The maximum absolute atomic E-state index is 12.1. The van der Waals surface area contributed by atoms with Crippen molar-refractivity contribution < 1.29 is 9.53 Å². The number of halogens is 2. The van der Waals surface area contributed by atoms with E-state index in [1.165, 1.54) is 12.8 Å². The first kappa shape index (κ1) is 23.2. The first-order valence-corrected chi connectivity index (χ1v) is 9.14. The zero-order valence-corrected chi connectivity index (χ0v) is 16.8. The van der Waals surface area contributed by atoms with Crippen LogP contribution < -0.4 is 10.6 Å². The molecule has 0 radical (unpaired) electrons. The molecule has 0 aromatic carbocycles. The molecule has 3 heterocycles. The Balaban J connectivity index is 0.00000169. The minimum atomic E-state index is 0. The molecule has 0 spiro atoms. The van der Waals surface area contributed by atoms with Crippen LogP contribution in [0.3, 0.4) is 0 Å². The van der Waals surface area contributed by atoms with Gasteiger partial charge in [-0.2, -0.15) is 5.10 Å². The molecule has 0 aliphatic carbocycles. The number of ether oxygens (including phenoxy) is 1. The minimum Gasteiger partial charge on any atom is -0.379 e. The second-order valence-corrected chi connectivity index (χ2v) is 6.70. The van der Waals surface area contributed by atoms with Gasteiger partial charge in [-0.05, 0) is 38.3 Å². The van der Waals surface area contributed by atoms with Crippen LogP contribution in [0.4, 0.5) is 5.82 Å². The summed E-state index contributed by atoms with van der Waals surface area (Å²) in [6.45, 7) is 7.58. The van der Waals surface area contributed by atoms with E-state index in [0.29, 0.717) is 18.2 Å². The third-order valence-corrected chi connectivity index (χ3v) is 4.90. The summed E-state index contributed by atoms with van der Waals surface area (Å²) in [6.07, 6.45) is 5.87. The summed E-state index contributed by atoms with van der Waals surface area (Å²) in [4.78, 5) is 14.4. The molecule has 0 saturated carbocycles. The predicted molar refractivity (Wildman–Crippen MR) is 107 cm³/mol. The summed E-state index contributed by atoms with van der Waals surface area (Å²) in [7, 11) is 0. The quantitative estimate of drug-likeness (QED) is 0.720. The first-order chi connectivity index (χ1) is 11.8. The van der Waals surface area contributed by atoms with Crippen molar-refractivity contribution in [1.82, 2.24) is 20.0 Å². The fourth-order valence-electron chi connectivity index (χ4n) is 3.33. The fraction of sp³-hybridized carbons (Fsp3) is 0.765. The Hall–Kier alpha value is -0.860. The lowest BCUT2D eigenvalue weighted by molar-refractivity contribution is -0.116. The van der Waals surface area contributed by atoms with Gasteiger partial charge < -0.3 is 15.4 Å². The van der Waals surface area contributed by atoms with Gasteiger partial charge in [0.15, 0.2) is 5.82 Å². The van der Waals surface area contributed by atoms with Gasteiger partial charge >= 0.3 is 0 Å². The minimum absolute atomic E-state index is 0. The molecule has 1 aromatic rings. The lowest BCUT2D eigenvalue weighted by Crippen LogP contribution is -2.38. The number of piperidine rings is 1. The van der Waals surface area contributed by atoms with E-state index < -0.39 is 0 Å². The van der Waals surface area contributed by atoms with Gasteiger partial charge in [0, 0.05) is 38.3 Å². The van der Waals surface area contributed by atoms with Crippen LogP contribution in [0.2, 0.25) is 0 Å². The summed E-state index contributed by atoms with van der Waals surface area (Å²) >= 11 is 0. The molecule has 9 heteroatoms. The fourth-order valence-corrected chi connectivity index (χ4v) is 3.33. The Morgan fingerprint density at radius 1 is 1.23 bits per heavy atom. The van der Waals surface area contributed by atoms with Crippen molar-refractivity contribution in [2.45, 2.75) is 32.2 Å². The van der Waals surface area contributed by atoms with E-state index in [-0.39, 0.29) is 30.7 Å². The number of rotatable bonds is 7. The van der Waals surface area contributed by atoms with E-state index in [1.807, 2.05) is 16.9 Å². The summed E-state index contributed by atoms with van der Waals surface area (Å²) in [5.41, 5.74) is 0. The molecule has 2 fully saturated rings. The van der Waals surface area contributed by atoms with E-state index >= 15 is 0 Å². The number of hydrogen-bond acceptors (Lipinski definition) is 5.